The summed E-state index contributed by atoms with van der Waals surface area (Å²) in [5, 5.41) is 7.05. The van der Waals surface area contributed by atoms with Gasteiger partial charge in [-0.05, 0) is 44.1 Å². The Morgan fingerprint density at radius 3 is 3.05 bits per heavy atom. The second kappa shape index (κ2) is 5.31. The van der Waals surface area contributed by atoms with Crippen molar-refractivity contribution >= 4 is 11.1 Å². The van der Waals surface area contributed by atoms with Crippen molar-refractivity contribution in [2.75, 3.05) is 13.6 Å². The van der Waals surface area contributed by atoms with Crippen molar-refractivity contribution in [3.8, 4) is 0 Å². The average Bonchev–Trinajstić information content (AvgIpc) is 2.80. The Kier molecular flexibility index (Phi) is 3.53. The van der Waals surface area contributed by atoms with Crippen LogP contribution in [0.2, 0.25) is 0 Å². The monoisotopic (exact) mass is 259 g/mol. The largest absolute Gasteiger partial charge is 0.441 e. The quantitative estimate of drug-likeness (QED) is 0.889. The van der Waals surface area contributed by atoms with E-state index in [1.54, 1.807) is 0 Å². The molecular weight excluding hydrogens is 238 g/mol. The summed E-state index contributed by atoms with van der Waals surface area (Å²) in [5.74, 6) is 0.726. The standard InChI is InChI=1S/C15H21N3O/c1-10-18-12-7-6-11(9-14(12)19-10)15(16-2)13-5-3-4-8-17-13/h6-7,9,13,15-17H,3-5,8H2,1-2H3. The van der Waals surface area contributed by atoms with Crippen molar-refractivity contribution < 1.29 is 4.42 Å². The molecule has 1 saturated heterocycles. The number of fused-ring (bicyclic) bond motifs is 1. The molecule has 2 aromatic rings. The molecule has 1 aromatic carbocycles. The van der Waals surface area contributed by atoms with Gasteiger partial charge in [-0.25, -0.2) is 4.98 Å². The number of oxazole rings is 1. The van der Waals surface area contributed by atoms with Gasteiger partial charge >= 0.3 is 0 Å². The van der Waals surface area contributed by atoms with Crippen LogP contribution in [0.5, 0.6) is 0 Å². The second-order valence-corrected chi connectivity index (χ2v) is 5.28. The van der Waals surface area contributed by atoms with Gasteiger partial charge in [-0.3, -0.25) is 0 Å². The molecule has 0 aliphatic carbocycles. The third-order valence-electron chi connectivity index (χ3n) is 3.94. The number of hydrogen-bond acceptors (Lipinski definition) is 4. The molecule has 2 atom stereocenters. The molecule has 0 spiro atoms. The van der Waals surface area contributed by atoms with Crippen LogP contribution in [0.4, 0.5) is 0 Å². The molecule has 1 fully saturated rings. The van der Waals surface area contributed by atoms with Gasteiger partial charge in [0.2, 0.25) is 0 Å². The van der Waals surface area contributed by atoms with Crippen molar-refractivity contribution in [1.82, 2.24) is 15.6 Å². The SMILES string of the molecule is CNC(c1ccc2nc(C)oc2c1)C1CCCCN1. The minimum Gasteiger partial charge on any atom is -0.441 e. The normalized spacial score (nSPS) is 21.7. The number of benzene rings is 1. The lowest BCUT2D eigenvalue weighted by atomic mass is 9.92. The Hall–Kier alpha value is -1.39. The highest BCUT2D eigenvalue weighted by atomic mass is 16.3. The van der Waals surface area contributed by atoms with E-state index in [0.717, 1.165) is 23.5 Å². The van der Waals surface area contributed by atoms with Crippen molar-refractivity contribution in [2.24, 2.45) is 0 Å². The zero-order valence-corrected chi connectivity index (χ0v) is 11.6. The van der Waals surface area contributed by atoms with Gasteiger partial charge in [-0.15, -0.1) is 0 Å². The van der Waals surface area contributed by atoms with Gasteiger partial charge in [-0.1, -0.05) is 12.5 Å². The zero-order chi connectivity index (χ0) is 13.2. The van der Waals surface area contributed by atoms with Crippen LogP contribution in [0.25, 0.3) is 11.1 Å². The molecule has 0 radical (unpaired) electrons. The molecule has 2 unspecified atom stereocenters. The highest BCUT2D eigenvalue weighted by molar-refractivity contribution is 5.73. The van der Waals surface area contributed by atoms with E-state index < -0.39 is 0 Å². The first-order chi connectivity index (χ1) is 9.28. The van der Waals surface area contributed by atoms with E-state index in [1.807, 2.05) is 20.0 Å². The van der Waals surface area contributed by atoms with Crippen LogP contribution in [0.3, 0.4) is 0 Å². The van der Waals surface area contributed by atoms with Crippen LogP contribution in [-0.2, 0) is 0 Å². The Morgan fingerprint density at radius 2 is 2.32 bits per heavy atom. The van der Waals surface area contributed by atoms with Gasteiger partial charge in [0.15, 0.2) is 11.5 Å². The summed E-state index contributed by atoms with van der Waals surface area (Å²) in [4.78, 5) is 4.35. The third-order valence-corrected chi connectivity index (χ3v) is 3.94. The Balaban J connectivity index is 1.91. The van der Waals surface area contributed by atoms with Crippen LogP contribution < -0.4 is 10.6 Å². The number of nitrogens with one attached hydrogen (secondary N) is 2. The lowest BCUT2D eigenvalue weighted by Gasteiger charge is -2.31. The molecule has 102 valence electrons. The number of nitrogens with zero attached hydrogens (tertiary/aromatic N) is 1. The van der Waals surface area contributed by atoms with Gasteiger partial charge in [-0.2, -0.15) is 0 Å². The molecule has 1 aliphatic rings. The Morgan fingerprint density at radius 1 is 1.42 bits per heavy atom. The second-order valence-electron chi connectivity index (χ2n) is 5.28. The average molecular weight is 259 g/mol. The predicted octanol–water partition coefficient (Wildman–Crippen LogP) is 2.54. The molecule has 4 nitrogen and oxygen atoms in total. The molecule has 1 aliphatic heterocycles. The minimum absolute atomic E-state index is 0.329. The number of hydrogen-bond donors (Lipinski definition) is 2. The predicted molar refractivity (Wildman–Crippen MR) is 76.2 cm³/mol. The van der Waals surface area contributed by atoms with Crippen LogP contribution in [0.15, 0.2) is 22.6 Å². The Labute approximate surface area is 113 Å². The molecule has 0 bridgehead atoms. The molecule has 0 saturated carbocycles. The first-order valence-corrected chi connectivity index (χ1v) is 7.05. The molecule has 4 heteroatoms. The number of piperidine rings is 1. The van der Waals surface area contributed by atoms with Crippen LogP contribution in [0.1, 0.15) is 36.8 Å². The summed E-state index contributed by atoms with van der Waals surface area (Å²) in [6, 6.07) is 7.15. The fourth-order valence-corrected chi connectivity index (χ4v) is 3.01. The van der Waals surface area contributed by atoms with Crippen LogP contribution >= 0.6 is 0 Å². The van der Waals surface area contributed by atoms with E-state index in [4.69, 9.17) is 4.42 Å². The maximum absolute atomic E-state index is 5.63. The fraction of sp³-hybridized carbons (Fsp3) is 0.533. The van der Waals surface area contributed by atoms with E-state index >= 15 is 0 Å². The number of likely N-dealkylation sites (N-methyl/N-ethyl adjacent to an activating group) is 1. The first-order valence-electron chi connectivity index (χ1n) is 7.05. The minimum atomic E-state index is 0.329. The third kappa shape index (κ3) is 2.51. The van der Waals surface area contributed by atoms with E-state index in [9.17, 15) is 0 Å². The lowest BCUT2D eigenvalue weighted by Crippen LogP contribution is -2.43. The summed E-state index contributed by atoms with van der Waals surface area (Å²) in [5.41, 5.74) is 3.09. The van der Waals surface area contributed by atoms with E-state index in [2.05, 4.69) is 27.8 Å². The molecule has 2 heterocycles. The van der Waals surface area contributed by atoms with E-state index in [-0.39, 0.29) is 0 Å². The first kappa shape index (κ1) is 12.6. The maximum Gasteiger partial charge on any atom is 0.192 e. The maximum atomic E-state index is 5.63. The van der Waals surface area contributed by atoms with Crippen molar-refractivity contribution in [3.05, 3.63) is 29.7 Å². The van der Waals surface area contributed by atoms with Gasteiger partial charge in [0, 0.05) is 19.0 Å². The molecule has 1 aromatic heterocycles. The van der Waals surface area contributed by atoms with Gasteiger partial charge < -0.3 is 15.1 Å². The summed E-state index contributed by atoms with van der Waals surface area (Å²) in [6.45, 7) is 3.00. The zero-order valence-electron chi connectivity index (χ0n) is 11.6. The van der Waals surface area contributed by atoms with Crippen LogP contribution in [0, 0.1) is 6.92 Å². The summed E-state index contributed by atoms with van der Waals surface area (Å²) >= 11 is 0. The van der Waals surface area contributed by atoms with Crippen molar-refractivity contribution in [3.63, 3.8) is 0 Å². The van der Waals surface area contributed by atoms with Gasteiger partial charge in [0.05, 0.1) is 0 Å². The van der Waals surface area contributed by atoms with E-state index in [1.165, 1.54) is 24.8 Å². The summed E-state index contributed by atoms with van der Waals surface area (Å²) in [6.07, 6.45) is 3.81. The highest BCUT2D eigenvalue weighted by Gasteiger charge is 2.23. The molecular formula is C15H21N3O. The van der Waals surface area contributed by atoms with Crippen molar-refractivity contribution in [2.45, 2.75) is 38.3 Å². The van der Waals surface area contributed by atoms with Crippen LogP contribution in [-0.4, -0.2) is 24.6 Å². The van der Waals surface area contributed by atoms with Crippen molar-refractivity contribution in [1.29, 1.82) is 0 Å². The molecule has 3 rings (SSSR count). The highest BCUT2D eigenvalue weighted by Crippen LogP contribution is 2.26. The molecule has 0 amide bonds. The number of rotatable bonds is 3. The lowest BCUT2D eigenvalue weighted by molar-refractivity contribution is 0.326. The number of aryl methyl sites for hydroxylation is 1. The van der Waals surface area contributed by atoms with Gasteiger partial charge in [0.25, 0.3) is 0 Å². The summed E-state index contributed by atoms with van der Waals surface area (Å²) in [7, 11) is 2.02. The smallest absolute Gasteiger partial charge is 0.192 e. The molecule has 2 N–H and O–H groups in total. The Bertz CT molecular complexity index is 558. The topological polar surface area (TPSA) is 50.1 Å². The van der Waals surface area contributed by atoms with Gasteiger partial charge in [0.1, 0.15) is 5.52 Å². The number of aromatic nitrogens is 1. The fourth-order valence-electron chi connectivity index (χ4n) is 3.01. The summed E-state index contributed by atoms with van der Waals surface area (Å²) < 4.78 is 5.63. The van der Waals surface area contributed by atoms with E-state index in [0.29, 0.717) is 12.1 Å². The molecule has 19 heavy (non-hydrogen) atoms.